The summed E-state index contributed by atoms with van der Waals surface area (Å²) < 4.78 is 19.8. The first-order valence-electron chi connectivity index (χ1n) is 5.98. The number of aromatic nitrogens is 2. The number of hydrogen-bond acceptors (Lipinski definition) is 3. The fraction of sp³-hybridized carbons (Fsp3) is 0. The quantitative estimate of drug-likeness (QED) is 0.672. The molecule has 0 aliphatic rings. The lowest BCUT2D eigenvalue weighted by molar-refractivity contribution is 0.511. The Hall–Kier alpha value is -1.82. The summed E-state index contributed by atoms with van der Waals surface area (Å²) in [5.41, 5.74) is 0.125. The number of halogens is 4. The van der Waals surface area contributed by atoms with Gasteiger partial charge in [0.1, 0.15) is 5.82 Å². The summed E-state index contributed by atoms with van der Waals surface area (Å²) in [6.07, 6.45) is 0. The molecule has 112 valence electrons. The SMILES string of the molecule is O=c1oc(-c2c(F)cccc2Cl)nn1-c1cccc(Cl)c1Cl. The molecule has 3 rings (SSSR count). The minimum atomic E-state index is -0.835. The first-order chi connectivity index (χ1) is 10.5. The molecule has 1 heterocycles. The Morgan fingerprint density at radius 2 is 1.73 bits per heavy atom. The molecule has 1 aromatic heterocycles. The summed E-state index contributed by atoms with van der Waals surface area (Å²) in [5.74, 6) is -1.74. The van der Waals surface area contributed by atoms with Crippen LogP contribution in [0, 0.1) is 5.82 Å². The van der Waals surface area contributed by atoms with Gasteiger partial charge in [-0.15, -0.1) is 5.10 Å². The fourth-order valence-corrected chi connectivity index (χ4v) is 2.51. The van der Waals surface area contributed by atoms with E-state index in [9.17, 15) is 9.18 Å². The summed E-state index contributed by atoms with van der Waals surface area (Å²) in [4.78, 5) is 12.0. The molecule has 8 heteroatoms. The van der Waals surface area contributed by atoms with Crippen LogP contribution in [0.2, 0.25) is 15.1 Å². The van der Waals surface area contributed by atoms with Crippen molar-refractivity contribution in [1.29, 1.82) is 0 Å². The van der Waals surface area contributed by atoms with E-state index in [2.05, 4.69) is 5.10 Å². The number of nitrogens with zero attached hydrogens (tertiary/aromatic N) is 2. The van der Waals surface area contributed by atoms with Crippen molar-refractivity contribution in [3.63, 3.8) is 0 Å². The van der Waals surface area contributed by atoms with Crippen molar-refractivity contribution in [2.75, 3.05) is 0 Å². The summed E-state index contributed by atoms with van der Waals surface area (Å²) >= 11 is 17.9. The van der Waals surface area contributed by atoms with Crippen molar-refractivity contribution >= 4 is 34.8 Å². The summed E-state index contributed by atoms with van der Waals surface area (Å²) in [7, 11) is 0. The van der Waals surface area contributed by atoms with Crippen molar-refractivity contribution in [2.45, 2.75) is 0 Å². The van der Waals surface area contributed by atoms with Crippen molar-refractivity contribution < 1.29 is 8.81 Å². The molecular weight excluding hydrogens is 354 g/mol. The van der Waals surface area contributed by atoms with E-state index in [4.69, 9.17) is 39.2 Å². The van der Waals surface area contributed by atoms with Crippen LogP contribution in [0.3, 0.4) is 0 Å². The maximum absolute atomic E-state index is 13.9. The van der Waals surface area contributed by atoms with Gasteiger partial charge in [0, 0.05) is 0 Å². The zero-order valence-corrected chi connectivity index (χ0v) is 13.0. The Morgan fingerprint density at radius 1 is 1.05 bits per heavy atom. The molecule has 0 saturated heterocycles. The molecule has 0 spiro atoms. The highest BCUT2D eigenvalue weighted by Crippen LogP contribution is 2.30. The summed E-state index contributed by atoms with van der Waals surface area (Å²) in [6, 6.07) is 8.78. The molecule has 0 atom stereocenters. The maximum atomic E-state index is 13.9. The van der Waals surface area contributed by atoms with E-state index in [0.717, 1.165) is 4.68 Å². The monoisotopic (exact) mass is 358 g/mol. The average molecular weight is 360 g/mol. The molecule has 0 amide bonds. The van der Waals surface area contributed by atoms with E-state index in [1.807, 2.05) is 0 Å². The van der Waals surface area contributed by atoms with Gasteiger partial charge < -0.3 is 4.42 Å². The second kappa shape index (κ2) is 5.76. The van der Waals surface area contributed by atoms with Gasteiger partial charge in [-0.1, -0.05) is 46.9 Å². The van der Waals surface area contributed by atoms with Gasteiger partial charge in [0.05, 0.1) is 26.3 Å². The minimum absolute atomic E-state index is 0.0746. The van der Waals surface area contributed by atoms with Crippen molar-refractivity contribution in [1.82, 2.24) is 9.78 Å². The van der Waals surface area contributed by atoms with Crippen molar-refractivity contribution in [3.8, 4) is 17.1 Å². The zero-order valence-electron chi connectivity index (χ0n) is 10.7. The van der Waals surface area contributed by atoms with E-state index in [0.29, 0.717) is 0 Å². The number of rotatable bonds is 2. The smallest absolute Gasteiger partial charge is 0.387 e. The largest absolute Gasteiger partial charge is 0.442 e. The van der Waals surface area contributed by atoms with Crippen LogP contribution >= 0.6 is 34.8 Å². The molecule has 0 fully saturated rings. The Balaban J connectivity index is 2.21. The van der Waals surface area contributed by atoms with Gasteiger partial charge in [-0.05, 0) is 24.3 Å². The fourth-order valence-electron chi connectivity index (χ4n) is 1.89. The second-order valence-electron chi connectivity index (χ2n) is 4.25. The standard InChI is InChI=1S/C14H6Cl3FN2O2/c15-7-3-1-5-9(18)11(7)13-19-20(14(21)22-13)10-6-2-4-8(16)12(10)17/h1-6H. The molecule has 4 nitrogen and oxygen atoms in total. The predicted octanol–water partition coefficient (Wildman–Crippen LogP) is 4.59. The highest BCUT2D eigenvalue weighted by molar-refractivity contribution is 6.43. The Labute approximate surface area is 138 Å². The van der Waals surface area contributed by atoms with Crippen LogP contribution in [0.1, 0.15) is 0 Å². The molecule has 3 aromatic rings. The van der Waals surface area contributed by atoms with E-state index < -0.39 is 11.6 Å². The van der Waals surface area contributed by atoms with Crippen molar-refractivity contribution in [3.05, 3.63) is 67.8 Å². The molecule has 0 aliphatic carbocycles. The average Bonchev–Trinajstić information content (AvgIpc) is 2.83. The van der Waals surface area contributed by atoms with Crippen LogP contribution in [-0.4, -0.2) is 9.78 Å². The second-order valence-corrected chi connectivity index (χ2v) is 5.45. The van der Waals surface area contributed by atoms with E-state index in [-0.39, 0.29) is 32.2 Å². The normalized spacial score (nSPS) is 10.9. The van der Waals surface area contributed by atoms with Gasteiger partial charge in [-0.25, -0.2) is 9.18 Å². The van der Waals surface area contributed by atoms with Gasteiger partial charge in [-0.3, -0.25) is 0 Å². The third-order valence-corrected chi connectivity index (χ3v) is 4.01. The third kappa shape index (κ3) is 2.52. The van der Waals surface area contributed by atoms with Gasteiger partial charge in [0.15, 0.2) is 0 Å². The molecule has 0 N–H and O–H groups in total. The number of benzene rings is 2. The lowest BCUT2D eigenvalue weighted by Crippen LogP contribution is -2.13. The van der Waals surface area contributed by atoms with Crippen LogP contribution in [0.25, 0.3) is 17.1 Å². The topological polar surface area (TPSA) is 48.0 Å². The van der Waals surface area contributed by atoms with Gasteiger partial charge in [0.25, 0.3) is 5.89 Å². The van der Waals surface area contributed by atoms with Crippen molar-refractivity contribution in [2.24, 2.45) is 0 Å². The zero-order chi connectivity index (χ0) is 15.9. The van der Waals surface area contributed by atoms with Crippen LogP contribution in [-0.2, 0) is 0 Å². The van der Waals surface area contributed by atoms with Crippen LogP contribution in [0.15, 0.2) is 45.6 Å². The lowest BCUT2D eigenvalue weighted by Gasteiger charge is -2.03. The Kier molecular flexibility index (Phi) is 3.95. The minimum Gasteiger partial charge on any atom is -0.387 e. The maximum Gasteiger partial charge on any atom is 0.442 e. The van der Waals surface area contributed by atoms with Gasteiger partial charge >= 0.3 is 5.76 Å². The molecule has 0 radical (unpaired) electrons. The third-order valence-electron chi connectivity index (χ3n) is 2.88. The molecule has 0 saturated carbocycles. The van der Waals surface area contributed by atoms with E-state index in [1.54, 1.807) is 12.1 Å². The predicted molar refractivity (Wildman–Crippen MR) is 82.5 cm³/mol. The molecular formula is C14H6Cl3FN2O2. The van der Waals surface area contributed by atoms with Crippen LogP contribution in [0.4, 0.5) is 4.39 Å². The molecule has 22 heavy (non-hydrogen) atoms. The van der Waals surface area contributed by atoms with Gasteiger partial charge in [0.2, 0.25) is 0 Å². The highest BCUT2D eigenvalue weighted by Gasteiger charge is 2.19. The van der Waals surface area contributed by atoms with Gasteiger partial charge in [-0.2, -0.15) is 4.68 Å². The summed E-state index contributed by atoms with van der Waals surface area (Å²) in [5, 5.41) is 4.40. The highest BCUT2D eigenvalue weighted by atomic mass is 35.5. The number of hydrogen-bond donors (Lipinski definition) is 0. The first-order valence-corrected chi connectivity index (χ1v) is 7.11. The molecule has 0 aliphatic heterocycles. The van der Waals surface area contributed by atoms with E-state index >= 15 is 0 Å². The van der Waals surface area contributed by atoms with Crippen LogP contribution in [0.5, 0.6) is 0 Å². The van der Waals surface area contributed by atoms with Crippen LogP contribution < -0.4 is 5.76 Å². The van der Waals surface area contributed by atoms with E-state index in [1.165, 1.54) is 24.3 Å². The lowest BCUT2D eigenvalue weighted by atomic mass is 10.2. The first kappa shape index (κ1) is 15.1. The summed E-state index contributed by atoms with van der Waals surface area (Å²) in [6.45, 7) is 0. The molecule has 0 unspecified atom stereocenters. The molecule has 2 aromatic carbocycles. The Morgan fingerprint density at radius 3 is 2.45 bits per heavy atom. The molecule has 0 bridgehead atoms. The Bertz CT molecular complexity index is 900.